The van der Waals surface area contributed by atoms with Gasteiger partial charge in [0.1, 0.15) is 0 Å². The van der Waals surface area contributed by atoms with Gasteiger partial charge in [-0.3, -0.25) is 4.68 Å². The third kappa shape index (κ3) is 4.86. The van der Waals surface area contributed by atoms with Gasteiger partial charge in [-0.1, -0.05) is 6.07 Å². The maximum Gasteiger partial charge on any atom is 0.170 e. The lowest BCUT2D eigenvalue weighted by Crippen LogP contribution is -2.31. The van der Waals surface area contributed by atoms with Crippen LogP contribution in [-0.4, -0.2) is 49.4 Å². The summed E-state index contributed by atoms with van der Waals surface area (Å²) in [7, 11) is 4.91. The highest BCUT2D eigenvalue weighted by molar-refractivity contribution is 7.80. The van der Waals surface area contributed by atoms with Gasteiger partial charge < -0.3 is 24.8 Å². The highest BCUT2D eigenvalue weighted by Crippen LogP contribution is 2.28. The number of aromatic nitrogens is 2. The predicted molar refractivity (Wildman–Crippen MR) is 106 cm³/mol. The van der Waals surface area contributed by atoms with Crippen LogP contribution in [0.5, 0.6) is 11.5 Å². The van der Waals surface area contributed by atoms with E-state index in [1.54, 1.807) is 21.3 Å². The third-order valence-electron chi connectivity index (χ3n) is 3.99. The number of rotatable bonds is 8. The van der Waals surface area contributed by atoms with Crippen molar-refractivity contribution in [2.45, 2.75) is 20.4 Å². The van der Waals surface area contributed by atoms with E-state index in [0.717, 1.165) is 22.6 Å². The molecular formula is C18H26N4O3S. The van der Waals surface area contributed by atoms with Gasteiger partial charge in [0.2, 0.25) is 0 Å². The van der Waals surface area contributed by atoms with Crippen LogP contribution in [0.15, 0.2) is 18.2 Å². The van der Waals surface area contributed by atoms with Gasteiger partial charge in [-0.25, -0.2) is 0 Å². The SMILES string of the molecule is COCCNC(=S)Nc1c(C)nn(Cc2ccc(OC)c(OC)c2)c1C. The van der Waals surface area contributed by atoms with Crippen molar-refractivity contribution in [3.05, 3.63) is 35.2 Å². The first-order chi connectivity index (χ1) is 12.5. The molecule has 142 valence electrons. The molecule has 0 aliphatic carbocycles. The van der Waals surface area contributed by atoms with Crippen LogP contribution in [-0.2, 0) is 11.3 Å². The van der Waals surface area contributed by atoms with Gasteiger partial charge in [0.15, 0.2) is 16.6 Å². The molecule has 0 unspecified atom stereocenters. The summed E-state index contributed by atoms with van der Waals surface area (Å²) in [4.78, 5) is 0. The van der Waals surface area contributed by atoms with Crippen LogP contribution in [0.4, 0.5) is 5.69 Å². The third-order valence-corrected chi connectivity index (χ3v) is 4.24. The van der Waals surface area contributed by atoms with E-state index in [2.05, 4.69) is 15.7 Å². The van der Waals surface area contributed by atoms with Crippen molar-refractivity contribution in [1.29, 1.82) is 0 Å². The van der Waals surface area contributed by atoms with Crippen LogP contribution in [0.3, 0.4) is 0 Å². The number of ether oxygens (including phenoxy) is 3. The number of anilines is 1. The molecule has 2 rings (SSSR count). The van der Waals surface area contributed by atoms with E-state index in [-0.39, 0.29) is 0 Å². The highest BCUT2D eigenvalue weighted by Gasteiger charge is 2.14. The number of methoxy groups -OCH3 is 3. The number of nitrogens with zero attached hydrogens (tertiary/aromatic N) is 2. The average molecular weight is 378 g/mol. The van der Waals surface area contributed by atoms with Crippen LogP contribution in [0, 0.1) is 13.8 Å². The molecule has 26 heavy (non-hydrogen) atoms. The van der Waals surface area contributed by atoms with Crippen molar-refractivity contribution in [2.24, 2.45) is 0 Å². The van der Waals surface area contributed by atoms with E-state index in [1.807, 2.05) is 36.7 Å². The summed E-state index contributed by atoms with van der Waals surface area (Å²) in [6.07, 6.45) is 0. The Morgan fingerprint density at radius 2 is 1.88 bits per heavy atom. The standard InChI is InChI=1S/C18H26N4O3S/c1-12-17(20-18(26)19-8-9-23-3)13(2)22(21-12)11-14-6-7-15(24-4)16(10-14)25-5/h6-7,10H,8-9,11H2,1-5H3,(H2,19,20,26). The lowest BCUT2D eigenvalue weighted by molar-refractivity contribution is 0.204. The molecule has 2 N–H and O–H groups in total. The van der Waals surface area contributed by atoms with Crippen LogP contribution in [0.1, 0.15) is 17.0 Å². The van der Waals surface area contributed by atoms with Gasteiger partial charge in [0, 0.05) is 13.7 Å². The number of thiocarbonyl (C=S) groups is 1. The fourth-order valence-corrected chi connectivity index (χ4v) is 2.81. The second-order valence-corrected chi connectivity index (χ2v) is 6.17. The van der Waals surface area contributed by atoms with Gasteiger partial charge in [-0.2, -0.15) is 5.10 Å². The molecule has 1 heterocycles. The van der Waals surface area contributed by atoms with Gasteiger partial charge in [0.25, 0.3) is 0 Å². The van der Waals surface area contributed by atoms with Crippen molar-refractivity contribution in [2.75, 3.05) is 39.8 Å². The molecule has 2 aromatic rings. The fourth-order valence-electron chi connectivity index (χ4n) is 2.61. The van der Waals surface area contributed by atoms with Crippen LogP contribution in [0.25, 0.3) is 0 Å². The van der Waals surface area contributed by atoms with Gasteiger partial charge in [-0.05, 0) is 43.8 Å². The van der Waals surface area contributed by atoms with E-state index in [9.17, 15) is 0 Å². The smallest absolute Gasteiger partial charge is 0.170 e. The molecule has 0 atom stereocenters. The lowest BCUT2D eigenvalue weighted by atomic mass is 10.2. The second-order valence-electron chi connectivity index (χ2n) is 5.77. The van der Waals surface area contributed by atoms with Gasteiger partial charge in [-0.15, -0.1) is 0 Å². The van der Waals surface area contributed by atoms with Crippen LogP contribution in [0.2, 0.25) is 0 Å². The quantitative estimate of drug-likeness (QED) is 0.540. The Labute approximate surface area is 159 Å². The molecule has 0 bridgehead atoms. The van der Waals surface area contributed by atoms with Crippen molar-refractivity contribution in [1.82, 2.24) is 15.1 Å². The molecular weight excluding hydrogens is 352 g/mol. The van der Waals surface area contributed by atoms with E-state index < -0.39 is 0 Å². The minimum Gasteiger partial charge on any atom is -0.493 e. The zero-order chi connectivity index (χ0) is 19.1. The summed E-state index contributed by atoms with van der Waals surface area (Å²) in [6.45, 7) is 5.84. The Hall–Kier alpha value is -2.32. The predicted octanol–water partition coefficient (Wildman–Crippen LogP) is 2.50. The zero-order valence-corrected chi connectivity index (χ0v) is 16.7. The Kier molecular flexibility index (Phi) is 7.23. The molecule has 1 aromatic heterocycles. The molecule has 0 saturated heterocycles. The second kappa shape index (κ2) is 9.40. The lowest BCUT2D eigenvalue weighted by Gasteiger charge is -2.12. The summed E-state index contributed by atoms with van der Waals surface area (Å²) >= 11 is 5.32. The molecule has 8 heteroatoms. The van der Waals surface area contributed by atoms with Gasteiger partial charge >= 0.3 is 0 Å². The zero-order valence-electron chi connectivity index (χ0n) is 15.9. The largest absolute Gasteiger partial charge is 0.493 e. The summed E-state index contributed by atoms with van der Waals surface area (Å²) in [5, 5.41) is 11.5. The molecule has 0 saturated carbocycles. The first-order valence-electron chi connectivity index (χ1n) is 8.28. The summed E-state index contributed by atoms with van der Waals surface area (Å²) in [5.74, 6) is 1.41. The average Bonchev–Trinajstić information content (AvgIpc) is 2.89. The summed E-state index contributed by atoms with van der Waals surface area (Å²) in [5.41, 5.74) is 3.88. The molecule has 0 fully saturated rings. The Morgan fingerprint density at radius 3 is 2.54 bits per heavy atom. The monoisotopic (exact) mass is 378 g/mol. The topological polar surface area (TPSA) is 69.6 Å². The van der Waals surface area contributed by atoms with Crippen molar-refractivity contribution in [3.63, 3.8) is 0 Å². The Balaban J connectivity index is 2.13. The first-order valence-corrected chi connectivity index (χ1v) is 8.69. The number of aryl methyl sites for hydroxylation is 1. The fraction of sp³-hybridized carbons (Fsp3) is 0.444. The maximum atomic E-state index is 5.37. The Bertz CT molecular complexity index is 761. The van der Waals surface area contributed by atoms with Gasteiger partial charge in [0.05, 0.1) is 44.4 Å². The molecule has 7 nitrogen and oxygen atoms in total. The summed E-state index contributed by atoms with van der Waals surface area (Å²) in [6, 6.07) is 5.86. The molecule has 0 aliphatic rings. The van der Waals surface area contributed by atoms with Crippen molar-refractivity contribution < 1.29 is 14.2 Å². The van der Waals surface area contributed by atoms with Crippen LogP contribution < -0.4 is 20.1 Å². The molecule has 0 spiro atoms. The number of nitrogens with one attached hydrogen (secondary N) is 2. The number of hydrogen-bond acceptors (Lipinski definition) is 5. The van der Waals surface area contributed by atoms with Crippen LogP contribution >= 0.6 is 12.2 Å². The Morgan fingerprint density at radius 1 is 1.15 bits per heavy atom. The van der Waals surface area contributed by atoms with E-state index in [0.29, 0.717) is 36.3 Å². The summed E-state index contributed by atoms with van der Waals surface area (Å²) < 4.78 is 17.6. The van der Waals surface area contributed by atoms with E-state index >= 15 is 0 Å². The molecule has 0 aliphatic heterocycles. The number of hydrogen-bond donors (Lipinski definition) is 2. The maximum absolute atomic E-state index is 5.37. The highest BCUT2D eigenvalue weighted by atomic mass is 32.1. The molecule has 1 aromatic carbocycles. The van der Waals surface area contributed by atoms with Crippen molar-refractivity contribution >= 4 is 23.0 Å². The normalized spacial score (nSPS) is 10.5. The molecule has 0 amide bonds. The van der Waals surface area contributed by atoms with E-state index in [4.69, 9.17) is 26.4 Å². The number of benzene rings is 1. The minimum atomic E-state index is 0.555. The van der Waals surface area contributed by atoms with E-state index in [1.165, 1.54) is 0 Å². The minimum absolute atomic E-state index is 0.555. The first kappa shape index (κ1) is 20.0. The molecule has 0 radical (unpaired) electrons. The van der Waals surface area contributed by atoms with Crippen molar-refractivity contribution in [3.8, 4) is 11.5 Å².